The van der Waals surface area contributed by atoms with E-state index in [-0.39, 0.29) is 5.97 Å². The number of piperazine rings is 1. The first-order chi connectivity index (χ1) is 12.6. The average Bonchev–Trinajstić information content (AvgIpc) is 2.67. The Balaban J connectivity index is 1.77. The Morgan fingerprint density at radius 2 is 1.96 bits per heavy atom. The Hall–Kier alpha value is -2.67. The Morgan fingerprint density at radius 1 is 1.19 bits per heavy atom. The molecule has 0 aliphatic carbocycles. The van der Waals surface area contributed by atoms with Crippen LogP contribution in [0.3, 0.4) is 0 Å². The molecule has 1 aromatic carbocycles. The summed E-state index contributed by atoms with van der Waals surface area (Å²) in [6.07, 6.45) is 0. The van der Waals surface area contributed by atoms with Crippen molar-refractivity contribution in [3.05, 3.63) is 41.6 Å². The van der Waals surface area contributed by atoms with Gasteiger partial charge in [0.1, 0.15) is 5.82 Å². The smallest absolute Gasteiger partial charge is 0.337 e. The summed E-state index contributed by atoms with van der Waals surface area (Å²) in [6, 6.07) is 9.13. The van der Waals surface area contributed by atoms with E-state index >= 15 is 0 Å². The van der Waals surface area contributed by atoms with E-state index in [4.69, 9.17) is 4.74 Å². The van der Waals surface area contributed by atoms with E-state index in [1.807, 2.05) is 19.1 Å². The molecule has 0 radical (unpaired) electrons. The first-order valence-electron chi connectivity index (χ1n) is 8.87. The highest BCUT2D eigenvalue weighted by atomic mass is 16.5. The van der Waals surface area contributed by atoms with Crippen LogP contribution in [0.25, 0.3) is 0 Å². The van der Waals surface area contributed by atoms with Crippen molar-refractivity contribution in [1.82, 2.24) is 14.9 Å². The monoisotopic (exact) mass is 355 g/mol. The van der Waals surface area contributed by atoms with Crippen molar-refractivity contribution in [1.29, 1.82) is 0 Å². The summed E-state index contributed by atoms with van der Waals surface area (Å²) in [5.74, 6) is 1.09. The largest absolute Gasteiger partial charge is 0.465 e. The molecule has 1 aromatic heterocycles. The lowest BCUT2D eigenvalue weighted by Gasteiger charge is -2.34. The number of aromatic nitrogens is 2. The maximum Gasteiger partial charge on any atom is 0.337 e. The number of likely N-dealkylation sites (N-methyl/N-ethyl adjacent to an activating group) is 1. The van der Waals surface area contributed by atoms with Crippen molar-refractivity contribution in [2.24, 2.45) is 0 Å². The first kappa shape index (κ1) is 18.1. The highest BCUT2D eigenvalue weighted by molar-refractivity contribution is 5.90. The normalized spacial score (nSPS) is 15.0. The van der Waals surface area contributed by atoms with E-state index in [1.165, 1.54) is 7.11 Å². The van der Waals surface area contributed by atoms with Gasteiger partial charge < -0.3 is 19.9 Å². The Bertz CT molecular complexity index is 772. The molecule has 1 N–H and O–H groups in total. The Kier molecular flexibility index (Phi) is 5.68. The summed E-state index contributed by atoms with van der Waals surface area (Å²) in [5.41, 5.74) is 2.14. The minimum atomic E-state index is -0.367. The summed E-state index contributed by atoms with van der Waals surface area (Å²) in [6.45, 7) is 9.24. The fraction of sp³-hybridized carbons (Fsp3) is 0.421. The number of esters is 1. The molecule has 1 aliphatic rings. The number of rotatable bonds is 5. The zero-order valence-corrected chi connectivity index (χ0v) is 15.5. The number of hydrogen-bond acceptors (Lipinski definition) is 7. The number of hydrogen-bond donors (Lipinski definition) is 1. The standard InChI is InChI=1S/C19H25N5O2/c1-4-23-8-10-24(11-9-23)17-12-14(2)20-19(22-17)21-16-7-5-6-15(13-16)18(25)26-3/h5-7,12-13H,4,8-11H2,1-3H3,(H,20,21,22). The molecule has 7 nitrogen and oxygen atoms in total. The Labute approximate surface area is 154 Å². The number of benzene rings is 1. The van der Waals surface area contributed by atoms with Crippen LogP contribution >= 0.6 is 0 Å². The van der Waals surface area contributed by atoms with Crippen molar-refractivity contribution in [3.63, 3.8) is 0 Å². The SMILES string of the molecule is CCN1CCN(c2cc(C)nc(Nc3cccc(C(=O)OC)c3)n2)CC1. The molecule has 0 amide bonds. The van der Waals surface area contributed by atoms with Crippen LogP contribution in [0.5, 0.6) is 0 Å². The number of ether oxygens (including phenoxy) is 1. The molecule has 26 heavy (non-hydrogen) atoms. The molecule has 2 aromatic rings. The highest BCUT2D eigenvalue weighted by Gasteiger charge is 2.18. The van der Waals surface area contributed by atoms with E-state index in [1.54, 1.807) is 18.2 Å². The molecule has 7 heteroatoms. The molecule has 0 saturated carbocycles. The van der Waals surface area contributed by atoms with E-state index in [9.17, 15) is 4.79 Å². The third-order valence-corrected chi connectivity index (χ3v) is 4.52. The molecule has 3 rings (SSSR count). The third-order valence-electron chi connectivity index (χ3n) is 4.52. The lowest BCUT2D eigenvalue weighted by molar-refractivity contribution is 0.0601. The molecule has 1 fully saturated rings. The summed E-state index contributed by atoms with van der Waals surface area (Å²) < 4.78 is 4.77. The third kappa shape index (κ3) is 4.29. The number of aryl methyl sites for hydroxylation is 1. The van der Waals surface area contributed by atoms with Gasteiger partial charge in [-0.25, -0.2) is 9.78 Å². The number of nitrogens with one attached hydrogen (secondary N) is 1. The number of anilines is 3. The Morgan fingerprint density at radius 3 is 2.65 bits per heavy atom. The van der Waals surface area contributed by atoms with Gasteiger partial charge in [0.15, 0.2) is 0 Å². The van der Waals surface area contributed by atoms with E-state index in [2.05, 4.69) is 32.0 Å². The summed E-state index contributed by atoms with van der Waals surface area (Å²) in [4.78, 5) is 25.6. The second-order valence-corrected chi connectivity index (χ2v) is 6.31. The fourth-order valence-corrected chi connectivity index (χ4v) is 3.03. The van der Waals surface area contributed by atoms with Gasteiger partial charge in [0, 0.05) is 43.6 Å². The van der Waals surface area contributed by atoms with Crippen LogP contribution < -0.4 is 10.2 Å². The molecular formula is C19H25N5O2. The second-order valence-electron chi connectivity index (χ2n) is 6.31. The van der Waals surface area contributed by atoms with Gasteiger partial charge in [-0.1, -0.05) is 13.0 Å². The average molecular weight is 355 g/mol. The first-order valence-corrected chi connectivity index (χ1v) is 8.87. The summed E-state index contributed by atoms with van der Waals surface area (Å²) in [7, 11) is 1.37. The lowest BCUT2D eigenvalue weighted by Crippen LogP contribution is -2.46. The predicted octanol–water partition coefficient (Wildman–Crippen LogP) is 2.46. The van der Waals surface area contributed by atoms with Gasteiger partial charge in [0.05, 0.1) is 12.7 Å². The molecule has 0 bridgehead atoms. The van der Waals surface area contributed by atoms with Gasteiger partial charge >= 0.3 is 5.97 Å². The highest BCUT2D eigenvalue weighted by Crippen LogP contribution is 2.20. The summed E-state index contributed by atoms with van der Waals surface area (Å²) >= 11 is 0. The van der Waals surface area contributed by atoms with Gasteiger partial charge in [-0.05, 0) is 31.7 Å². The van der Waals surface area contributed by atoms with Crippen LogP contribution in [0.2, 0.25) is 0 Å². The van der Waals surface area contributed by atoms with Crippen LogP contribution in [-0.4, -0.2) is 60.7 Å². The predicted molar refractivity (Wildman–Crippen MR) is 102 cm³/mol. The minimum Gasteiger partial charge on any atom is -0.465 e. The van der Waals surface area contributed by atoms with Crippen molar-refractivity contribution < 1.29 is 9.53 Å². The van der Waals surface area contributed by atoms with Crippen LogP contribution in [-0.2, 0) is 4.74 Å². The van der Waals surface area contributed by atoms with Crippen molar-refractivity contribution in [3.8, 4) is 0 Å². The van der Waals surface area contributed by atoms with E-state index in [0.29, 0.717) is 11.5 Å². The van der Waals surface area contributed by atoms with Gasteiger partial charge in [-0.15, -0.1) is 0 Å². The fourth-order valence-electron chi connectivity index (χ4n) is 3.03. The second kappa shape index (κ2) is 8.14. The molecule has 0 spiro atoms. The van der Waals surface area contributed by atoms with E-state index < -0.39 is 0 Å². The molecule has 2 heterocycles. The number of methoxy groups -OCH3 is 1. The molecule has 1 aliphatic heterocycles. The van der Waals surface area contributed by atoms with Crippen LogP contribution in [0, 0.1) is 6.92 Å². The number of nitrogens with zero attached hydrogens (tertiary/aromatic N) is 4. The van der Waals surface area contributed by atoms with Crippen LogP contribution in [0.4, 0.5) is 17.5 Å². The van der Waals surface area contributed by atoms with Gasteiger partial charge in [0.25, 0.3) is 0 Å². The topological polar surface area (TPSA) is 70.6 Å². The van der Waals surface area contributed by atoms with Crippen LogP contribution in [0.15, 0.2) is 30.3 Å². The van der Waals surface area contributed by atoms with Crippen molar-refractivity contribution >= 4 is 23.4 Å². The molecule has 138 valence electrons. The maximum absolute atomic E-state index is 11.7. The summed E-state index contributed by atoms with van der Waals surface area (Å²) in [5, 5.41) is 3.20. The van der Waals surface area contributed by atoms with Crippen molar-refractivity contribution in [2.45, 2.75) is 13.8 Å². The quantitative estimate of drug-likeness (QED) is 0.826. The molecule has 1 saturated heterocycles. The molecule has 0 unspecified atom stereocenters. The van der Waals surface area contributed by atoms with E-state index in [0.717, 1.165) is 49.9 Å². The lowest BCUT2D eigenvalue weighted by atomic mass is 10.2. The van der Waals surface area contributed by atoms with Crippen LogP contribution in [0.1, 0.15) is 23.0 Å². The van der Waals surface area contributed by atoms with Crippen molar-refractivity contribution in [2.75, 3.05) is 50.1 Å². The van der Waals surface area contributed by atoms with Gasteiger partial charge in [-0.2, -0.15) is 4.98 Å². The maximum atomic E-state index is 11.7. The number of carbonyl (C=O) groups excluding carboxylic acids is 1. The van der Waals surface area contributed by atoms with Gasteiger partial charge in [0.2, 0.25) is 5.95 Å². The number of carbonyl (C=O) groups is 1. The minimum absolute atomic E-state index is 0.367. The molecule has 0 atom stereocenters. The molecular weight excluding hydrogens is 330 g/mol. The van der Waals surface area contributed by atoms with Gasteiger partial charge in [-0.3, -0.25) is 0 Å². The zero-order chi connectivity index (χ0) is 18.5. The zero-order valence-electron chi connectivity index (χ0n) is 15.5.